The summed E-state index contributed by atoms with van der Waals surface area (Å²) in [7, 11) is 1.53. The fraction of sp³-hybridized carbons (Fsp3) is 0.316. The van der Waals surface area contributed by atoms with E-state index in [0.717, 1.165) is 29.3 Å². The van der Waals surface area contributed by atoms with Crippen LogP contribution in [0.15, 0.2) is 36.5 Å². The van der Waals surface area contributed by atoms with E-state index in [4.69, 9.17) is 11.6 Å². The first-order valence-corrected chi connectivity index (χ1v) is 8.98. The van der Waals surface area contributed by atoms with Crippen molar-refractivity contribution in [3.63, 3.8) is 0 Å². The third kappa shape index (κ3) is 3.51. The highest BCUT2D eigenvalue weighted by molar-refractivity contribution is 6.29. The summed E-state index contributed by atoms with van der Waals surface area (Å²) in [5, 5.41) is 4.98. The number of fused-ring (bicyclic) bond motifs is 1. The Morgan fingerprint density at radius 2 is 2.11 bits per heavy atom. The van der Waals surface area contributed by atoms with Crippen molar-refractivity contribution in [2.24, 2.45) is 7.05 Å². The Bertz CT molecular complexity index is 1020. The van der Waals surface area contributed by atoms with Gasteiger partial charge in [-0.1, -0.05) is 29.8 Å². The predicted octanol–water partition coefficient (Wildman–Crippen LogP) is 4.36. The van der Waals surface area contributed by atoms with Gasteiger partial charge in [-0.3, -0.25) is 9.48 Å². The standard InChI is InChI=1S/C19H17ClF2N4O/c1-25-10-14(17(24-25)18(21)22)19(27)26(12-6-7-12)9-11-8-16(20)23-15-5-3-2-4-13(11)15/h2-5,8,10,12,18H,6-7,9H2,1H3. The monoisotopic (exact) mass is 390 g/mol. The molecule has 5 nitrogen and oxygen atoms in total. The molecule has 0 unspecified atom stereocenters. The molecule has 1 amide bonds. The number of halogens is 3. The van der Waals surface area contributed by atoms with Gasteiger partial charge in [0.2, 0.25) is 0 Å². The normalized spacial score (nSPS) is 14.1. The van der Waals surface area contributed by atoms with E-state index in [9.17, 15) is 13.6 Å². The van der Waals surface area contributed by atoms with Gasteiger partial charge in [0.05, 0.1) is 11.1 Å². The van der Waals surface area contributed by atoms with Crippen LogP contribution in [0.25, 0.3) is 10.9 Å². The number of aromatic nitrogens is 3. The summed E-state index contributed by atoms with van der Waals surface area (Å²) in [6.45, 7) is 0.282. The Hall–Kier alpha value is -2.54. The van der Waals surface area contributed by atoms with Crippen LogP contribution >= 0.6 is 11.6 Å². The van der Waals surface area contributed by atoms with Gasteiger partial charge in [0.25, 0.3) is 12.3 Å². The fourth-order valence-electron chi connectivity index (χ4n) is 3.27. The van der Waals surface area contributed by atoms with Crippen molar-refractivity contribution in [2.75, 3.05) is 0 Å². The minimum atomic E-state index is -2.80. The maximum atomic E-state index is 13.3. The van der Waals surface area contributed by atoms with Crippen LogP contribution in [0.2, 0.25) is 5.15 Å². The first-order valence-electron chi connectivity index (χ1n) is 8.61. The lowest BCUT2D eigenvalue weighted by molar-refractivity contribution is 0.0718. The maximum absolute atomic E-state index is 13.3. The lowest BCUT2D eigenvalue weighted by Crippen LogP contribution is -2.33. The molecule has 0 radical (unpaired) electrons. The SMILES string of the molecule is Cn1cc(C(=O)N(Cc2cc(Cl)nc3ccccc23)C2CC2)c(C(F)F)n1. The van der Waals surface area contributed by atoms with Crippen LogP contribution in [-0.4, -0.2) is 31.6 Å². The number of carbonyl (C=O) groups excluding carboxylic acids is 1. The van der Waals surface area contributed by atoms with Crippen molar-refractivity contribution < 1.29 is 13.6 Å². The summed E-state index contributed by atoms with van der Waals surface area (Å²) in [5.41, 5.74) is 1.04. The van der Waals surface area contributed by atoms with Crippen LogP contribution < -0.4 is 0 Å². The Kier molecular flexibility index (Phi) is 4.55. The Labute approximate surface area is 159 Å². The Balaban J connectivity index is 1.72. The molecule has 2 aromatic heterocycles. The maximum Gasteiger partial charge on any atom is 0.282 e. The highest BCUT2D eigenvalue weighted by Gasteiger charge is 2.36. The number of hydrogen-bond donors (Lipinski definition) is 0. The molecule has 1 aliphatic carbocycles. The molecule has 0 atom stereocenters. The number of hydrogen-bond acceptors (Lipinski definition) is 3. The third-order valence-corrected chi connectivity index (χ3v) is 4.85. The van der Waals surface area contributed by atoms with E-state index in [2.05, 4.69) is 10.1 Å². The van der Waals surface area contributed by atoms with Crippen molar-refractivity contribution in [1.29, 1.82) is 0 Å². The summed E-state index contributed by atoms with van der Waals surface area (Å²) < 4.78 is 27.8. The average Bonchev–Trinajstić information content (AvgIpc) is 3.39. The quantitative estimate of drug-likeness (QED) is 0.608. The van der Waals surface area contributed by atoms with Gasteiger partial charge in [0.1, 0.15) is 10.8 Å². The first kappa shape index (κ1) is 17.9. The van der Waals surface area contributed by atoms with E-state index in [1.807, 2.05) is 24.3 Å². The molecule has 140 valence electrons. The zero-order valence-corrected chi connectivity index (χ0v) is 15.3. The number of para-hydroxylation sites is 1. The first-order chi connectivity index (χ1) is 12.9. The molecule has 1 aliphatic rings. The number of rotatable bonds is 5. The molecule has 1 fully saturated rings. The molecule has 0 saturated heterocycles. The minimum absolute atomic E-state index is 0.0360. The smallest absolute Gasteiger partial charge is 0.282 e. The van der Waals surface area contributed by atoms with E-state index < -0.39 is 18.0 Å². The Morgan fingerprint density at radius 3 is 2.81 bits per heavy atom. The average molecular weight is 391 g/mol. The molecule has 0 spiro atoms. The van der Waals surface area contributed by atoms with Crippen LogP contribution in [0.1, 0.15) is 40.9 Å². The van der Waals surface area contributed by atoms with E-state index in [1.165, 1.54) is 17.9 Å². The molecular weight excluding hydrogens is 374 g/mol. The number of alkyl halides is 2. The summed E-state index contributed by atoms with van der Waals surface area (Å²) >= 11 is 6.14. The predicted molar refractivity (Wildman–Crippen MR) is 97.8 cm³/mol. The van der Waals surface area contributed by atoms with Gasteiger partial charge in [-0.2, -0.15) is 5.10 Å². The fourth-order valence-corrected chi connectivity index (χ4v) is 3.49. The van der Waals surface area contributed by atoms with E-state index in [0.29, 0.717) is 5.15 Å². The molecule has 0 N–H and O–H groups in total. The van der Waals surface area contributed by atoms with Crippen molar-refractivity contribution in [2.45, 2.75) is 31.9 Å². The Morgan fingerprint density at radius 1 is 1.37 bits per heavy atom. The largest absolute Gasteiger partial charge is 0.331 e. The molecule has 4 rings (SSSR count). The molecule has 1 aromatic carbocycles. The van der Waals surface area contributed by atoms with Crippen molar-refractivity contribution in [1.82, 2.24) is 19.7 Å². The van der Waals surface area contributed by atoms with Crippen molar-refractivity contribution >= 4 is 28.4 Å². The second-order valence-electron chi connectivity index (χ2n) is 6.69. The zero-order valence-electron chi connectivity index (χ0n) is 14.6. The molecule has 0 bridgehead atoms. The second-order valence-corrected chi connectivity index (χ2v) is 7.08. The second kappa shape index (κ2) is 6.88. The van der Waals surface area contributed by atoms with E-state index >= 15 is 0 Å². The van der Waals surface area contributed by atoms with Gasteiger partial charge >= 0.3 is 0 Å². The van der Waals surface area contributed by atoms with Crippen molar-refractivity contribution in [3.05, 3.63) is 58.5 Å². The van der Waals surface area contributed by atoms with E-state index in [-0.39, 0.29) is 18.2 Å². The van der Waals surface area contributed by atoms with Gasteiger partial charge in [-0.15, -0.1) is 0 Å². The number of aryl methyl sites for hydroxylation is 1. The summed E-state index contributed by atoms with van der Waals surface area (Å²) in [6, 6.07) is 9.28. The van der Waals surface area contributed by atoms with E-state index in [1.54, 1.807) is 11.0 Å². The molecule has 27 heavy (non-hydrogen) atoms. The number of amides is 1. The molecule has 0 aliphatic heterocycles. The molecule has 1 saturated carbocycles. The number of benzene rings is 1. The lowest BCUT2D eigenvalue weighted by Gasteiger charge is -2.23. The minimum Gasteiger partial charge on any atom is -0.331 e. The number of nitrogens with zero attached hydrogens (tertiary/aromatic N) is 4. The zero-order chi connectivity index (χ0) is 19.1. The van der Waals surface area contributed by atoms with Crippen LogP contribution in [0.3, 0.4) is 0 Å². The van der Waals surface area contributed by atoms with Crippen LogP contribution in [0.5, 0.6) is 0 Å². The molecular formula is C19H17ClF2N4O. The molecule has 2 heterocycles. The number of pyridine rings is 1. The lowest BCUT2D eigenvalue weighted by atomic mass is 10.1. The molecule has 8 heteroatoms. The number of carbonyl (C=O) groups is 1. The van der Waals surface area contributed by atoms with Crippen LogP contribution in [0.4, 0.5) is 8.78 Å². The van der Waals surface area contributed by atoms with Gasteiger partial charge in [0, 0.05) is 31.2 Å². The summed E-state index contributed by atoms with van der Waals surface area (Å²) in [5.74, 6) is -0.432. The van der Waals surface area contributed by atoms with Gasteiger partial charge in [0.15, 0.2) is 0 Å². The third-order valence-electron chi connectivity index (χ3n) is 4.65. The highest BCUT2D eigenvalue weighted by Crippen LogP contribution is 2.33. The van der Waals surface area contributed by atoms with Crippen LogP contribution in [-0.2, 0) is 13.6 Å². The topological polar surface area (TPSA) is 51.0 Å². The van der Waals surface area contributed by atoms with Gasteiger partial charge in [-0.05, 0) is 30.5 Å². The summed E-state index contributed by atoms with van der Waals surface area (Å²) in [4.78, 5) is 19.0. The van der Waals surface area contributed by atoms with Crippen molar-refractivity contribution in [3.8, 4) is 0 Å². The highest BCUT2D eigenvalue weighted by atomic mass is 35.5. The van der Waals surface area contributed by atoms with Gasteiger partial charge < -0.3 is 4.90 Å². The van der Waals surface area contributed by atoms with Gasteiger partial charge in [-0.25, -0.2) is 13.8 Å². The molecule has 3 aromatic rings. The van der Waals surface area contributed by atoms with Crippen LogP contribution in [0, 0.1) is 0 Å². The summed E-state index contributed by atoms with van der Waals surface area (Å²) in [6.07, 6.45) is 0.263.